The van der Waals surface area contributed by atoms with Gasteiger partial charge in [-0.15, -0.1) is 0 Å². The molecule has 0 atom stereocenters. The number of nitrogens with zero attached hydrogens (tertiary/aromatic N) is 3. The highest BCUT2D eigenvalue weighted by atomic mass is 32.2. The third kappa shape index (κ3) is 3.95. The standard InChI is InChI=1S/C19H24N4O4S/c1-22(2)28(25,26)14-8-9-17(27-3)16(13-14)21-19(24)15-7-6-10-20-18(15)23-11-4-5-12-23/h6-10,13H,4-5,11-12H2,1-3H3,(H,21,24). The molecule has 3 rings (SSSR count). The second-order valence-corrected chi connectivity index (χ2v) is 8.82. The summed E-state index contributed by atoms with van der Waals surface area (Å²) in [5.74, 6) is 0.638. The monoisotopic (exact) mass is 404 g/mol. The van der Waals surface area contributed by atoms with E-state index in [-0.39, 0.29) is 16.5 Å². The maximum absolute atomic E-state index is 13.0. The smallest absolute Gasteiger partial charge is 0.259 e. The van der Waals surface area contributed by atoms with Gasteiger partial charge in [-0.05, 0) is 43.2 Å². The molecular weight excluding hydrogens is 380 g/mol. The second-order valence-electron chi connectivity index (χ2n) is 6.67. The number of amides is 1. The number of benzene rings is 1. The summed E-state index contributed by atoms with van der Waals surface area (Å²) in [6, 6.07) is 7.79. The number of methoxy groups -OCH3 is 1. The maximum Gasteiger partial charge on any atom is 0.259 e. The molecule has 9 heteroatoms. The molecule has 0 saturated carbocycles. The summed E-state index contributed by atoms with van der Waals surface area (Å²) >= 11 is 0. The molecule has 1 fully saturated rings. The van der Waals surface area contributed by atoms with E-state index in [0.717, 1.165) is 30.2 Å². The molecule has 1 aliphatic rings. The van der Waals surface area contributed by atoms with Crippen LogP contribution in [0.3, 0.4) is 0 Å². The van der Waals surface area contributed by atoms with Gasteiger partial charge in [-0.2, -0.15) is 0 Å². The Bertz CT molecular complexity index is 970. The number of nitrogens with one attached hydrogen (secondary N) is 1. The van der Waals surface area contributed by atoms with Crippen LogP contribution in [-0.2, 0) is 10.0 Å². The van der Waals surface area contributed by atoms with Gasteiger partial charge in [0.2, 0.25) is 10.0 Å². The number of carbonyl (C=O) groups excluding carboxylic acids is 1. The molecule has 1 saturated heterocycles. The molecule has 2 aromatic rings. The first kappa shape index (κ1) is 20.1. The summed E-state index contributed by atoms with van der Waals surface area (Å²) in [4.78, 5) is 19.5. The van der Waals surface area contributed by atoms with Gasteiger partial charge >= 0.3 is 0 Å². The molecule has 0 aliphatic carbocycles. The van der Waals surface area contributed by atoms with E-state index < -0.39 is 10.0 Å². The summed E-state index contributed by atoms with van der Waals surface area (Å²) in [7, 11) is 0.731. The Hall–Kier alpha value is -2.65. The minimum atomic E-state index is -3.64. The zero-order chi connectivity index (χ0) is 20.3. The van der Waals surface area contributed by atoms with E-state index >= 15 is 0 Å². The number of sulfonamides is 1. The predicted molar refractivity (Wildman–Crippen MR) is 108 cm³/mol. The Morgan fingerprint density at radius 2 is 1.93 bits per heavy atom. The lowest BCUT2D eigenvalue weighted by Gasteiger charge is -2.20. The van der Waals surface area contributed by atoms with Crippen LogP contribution in [0.1, 0.15) is 23.2 Å². The van der Waals surface area contributed by atoms with Gasteiger partial charge in [-0.1, -0.05) is 0 Å². The van der Waals surface area contributed by atoms with Crippen LogP contribution >= 0.6 is 0 Å². The number of rotatable bonds is 6. The van der Waals surface area contributed by atoms with Gasteiger partial charge in [0.05, 0.1) is 23.3 Å². The van der Waals surface area contributed by atoms with E-state index in [1.54, 1.807) is 18.3 Å². The molecule has 8 nitrogen and oxygen atoms in total. The Balaban J connectivity index is 1.94. The number of anilines is 2. The number of aromatic nitrogens is 1. The fourth-order valence-electron chi connectivity index (χ4n) is 3.10. The van der Waals surface area contributed by atoms with Crippen LogP contribution < -0.4 is 15.0 Å². The minimum Gasteiger partial charge on any atom is -0.495 e. The lowest BCUT2D eigenvalue weighted by molar-refractivity contribution is 0.102. The summed E-state index contributed by atoms with van der Waals surface area (Å²) < 4.78 is 31.3. The molecule has 1 amide bonds. The third-order valence-corrected chi connectivity index (χ3v) is 6.45. The molecule has 0 unspecified atom stereocenters. The van der Waals surface area contributed by atoms with Crippen LogP contribution in [0, 0.1) is 0 Å². The molecule has 1 aromatic carbocycles. The van der Waals surface area contributed by atoms with Crippen molar-refractivity contribution in [3.63, 3.8) is 0 Å². The van der Waals surface area contributed by atoms with Crippen LogP contribution in [0.15, 0.2) is 41.4 Å². The first-order valence-electron chi connectivity index (χ1n) is 8.96. The predicted octanol–water partition coefficient (Wildman–Crippen LogP) is 2.19. The summed E-state index contributed by atoms with van der Waals surface area (Å²) in [6.45, 7) is 1.72. The molecule has 28 heavy (non-hydrogen) atoms. The average Bonchev–Trinajstić information content (AvgIpc) is 3.22. The van der Waals surface area contributed by atoms with Crippen molar-refractivity contribution >= 4 is 27.4 Å². The van der Waals surface area contributed by atoms with Crippen LogP contribution in [0.2, 0.25) is 0 Å². The van der Waals surface area contributed by atoms with Gasteiger partial charge < -0.3 is 15.0 Å². The first-order chi connectivity index (χ1) is 13.3. The highest BCUT2D eigenvalue weighted by Gasteiger charge is 2.23. The Kier molecular flexibility index (Phi) is 5.85. The summed E-state index contributed by atoms with van der Waals surface area (Å²) in [5.41, 5.74) is 0.721. The van der Waals surface area contributed by atoms with Crippen LogP contribution in [-0.4, -0.2) is 57.9 Å². The molecule has 1 N–H and O–H groups in total. The van der Waals surface area contributed by atoms with Crippen LogP contribution in [0.5, 0.6) is 5.75 Å². The van der Waals surface area contributed by atoms with Crippen molar-refractivity contribution in [2.45, 2.75) is 17.7 Å². The average molecular weight is 404 g/mol. The highest BCUT2D eigenvalue weighted by molar-refractivity contribution is 7.89. The fraction of sp³-hybridized carbons (Fsp3) is 0.368. The van der Waals surface area contributed by atoms with Gasteiger partial charge in [0, 0.05) is 33.4 Å². The second kappa shape index (κ2) is 8.15. The van der Waals surface area contributed by atoms with E-state index in [9.17, 15) is 13.2 Å². The van der Waals surface area contributed by atoms with Crippen molar-refractivity contribution in [1.29, 1.82) is 0 Å². The lowest BCUT2D eigenvalue weighted by Crippen LogP contribution is -2.24. The summed E-state index contributed by atoms with van der Waals surface area (Å²) in [5, 5.41) is 2.78. The molecule has 2 heterocycles. The van der Waals surface area contributed by atoms with E-state index in [0.29, 0.717) is 17.1 Å². The van der Waals surface area contributed by atoms with E-state index in [4.69, 9.17) is 4.74 Å². The molecule has 1 aromatic heterocycles. The lowest BCUT2D eigenvalue weighted by atomic mass is 10.2. The number of ether oxygens (including phenoxy) is 1. The molecule has 1 aliphatic heterocycles. The van der Waals surface area contributed by atoms with Crippen molar-refractivity contribution in [3.05, 3.63) is 42.1 Å². The van der Waals surface area contributed by atoms with Crippen molar-refractivity contribution in [3.8, 4) is 5.75 Å². The number of pyridine rings is 1. The van der Waals surface area contributed by atoms with Crippen molar-refractivity contribution in [2.75, 3.05) is 44.5 Å². The van der Waals surface area contributed by atoms with Crippen molar-refractivity contribution in [2.24, 2.45) is 0 Å². The van der Waals surface area contributed by atoms with Crippen LogP contribution in [0.25, 0.3) is 0 Å². The maximum atomic E-state index is 13.0. The number of hydrogen-bond acceptors (Lipinski definition) is 6. The zero-order valence-corrected chi connectivity index (χ0v) is 17.0. The Morgan fingerprint density at radius 3 is 2.57 bits per heavy atom. The third-order valence-electron chi connectivity index (χ3n) is 4.63. The Morgan fingerprint density at radius 1 is 1.21 bits per heavy atom. The van der Waals surface area contributed by atoms with Gasteiger partial charge in [-0.3, -0.25) is 4.79 Å². The molecule has 0 radical (unpaired) electrons. The van der Waals surface area contributed by atoms with Gasteiger partial charge in [0.15, 0.2) is 0 Å². The molecule has 0 spiro atoms. The zero-order valence-electron chi connectivity index (χ0n) is 16.2. The van der Waals surface area contributed by atoms with E-state index in [2.05, 4.69) is 15.2 Å². The Labute approximate surface area is 165 Å². The number of hydrogen-bond donors (Lipinski definition) is 1. The van der Waals surface area contributed by atoms with E-state index in [1.807, 2.05) is 0 Å². The highest BCUT2D eigenvalue weighted by Crippen LogP contribution is 2.30. The van der Waals surface area contributed by atoms with Crippen LogP contribution in [0.4, 0.5) is 11.5 Å². The normalized spacial score (nSPS) is 14.4. The summed E-state index contributed by atoms with van der Waals surface area (Å²) in [6.07, 6.45) is 3.79. The van der Waals surface area contributed by atoms with Gasteiger partial charge in [0.1, 0.15) is 11.6 Å². The van der Waals surface area contributed by atoms with E-state index in [1.165, 1.54) is 39.4 Å². The topological polar surface area (TPSA) is 91.8 Å². The van der Waals surface area contributed by atoms with Crippen molar-refractivity contribution in [1.82, 2.24) is 9.29 Å². The van der Waals surface area contributed by atoms with Crippen molar-refractivity contribution < 1.29 is 17.9 Å². The first-order valence-corrected chi connectivity index (χ1v) is 10.4. The largest absolute Gasteiger partial charge is 0.495 e. The van der Waals surface area contributed by atoms with Gasteiger partial charge in [0.25, 0.3) is 5.91 Å². The number of carbonyl (C=O) groups is 1. The molecule has 150 valence electrons. The minimum absolute atomic E-state index is 0.0690. The SMILES string of the molecule is COc1ccc(S(=O)(=O)N(C)C)cc1NC(=O)c1cccnc1N1CCCC1. The van der Waals surface area contributed by atoms with Gasteiger partial charge in [-0.25, -0.2) is 17.7 Å². The molecule has 0 bridgehead atoms. The fourth-order valence-corrected chi connectivity index (χ4v) is 4.03. The quantitative estimate of drug-likeness (QED) is 0.794. The molecular formula is C19H24N4O4S.